The van der Waals surface area contributed by atoms with Crippen LogP contribution >= 0.6 is 11.6 Å². The van der Waals surface area contributed by atoms with Crippen LogP contribution in [0.4, 0.5) is 0 Å². The van der Waals surface area contributed by atoms with E-state index in [9.17, 15) is 9.59 Å². The summed E-state index contributed by atoms with van der Waals surface area (Å²) in [6.45, 7) is 1.59. The summed E-state index contributed by atoms with van der Waals surface area (Å²) in [4.78, 5) is 23.3. The van der Waals surface area contributed by atoms with Crippen molar-refractivity contribution in [1.29, 1.82) is 0 Å². The topological polar surface area (TPSA) is 34.1 Å². The lowest BCUT2D eigenvalue weighted by atomic mass is 9.81. The number of Topliss-reactive ketones (excluding diaryl/α,β-unsaturated/α-hetero) is 2. The van der Waals surface area contributed by atoms with E-state index in [1.807, 2.05) is 24.3 Å². The zero-order valence-electron chi connectivity index (χ0n) is 10.5. The molecule has 1 aromatic rings. The highest BCUT2D eigenvalue weighted by Crippen LogP contribution is 2.37. The third-order valence-corrected chi connectivity index (χ3v) is 3.90. The fourth-order valence-corrected chi connectivity index (χ4v) is 2.91. The van der Waals surface area contributed by atoms with Gasteiger partial charge in [-0.15, -0.1) is 0 Å². The molecule has 1 aromatic carbocycles. The molecule has 2 unspecified atom stereocenters. The molecule has 2 rings (SSSR count). The van der Waals surface area contributed by atoms with E-state index in [-0.39, 0.29) is 17.6 Å². The predicted octanol–water partition coefficient (Wildman–Crippen LogP) is 3.77. The molecule has 0 aromatic heterocycles. The molecule has 1 aliphatic carbocycles. The van der Waals surface area contributed by atoms with Crippen molar-refractivity contribution in [2.75, 3.05) is 0 Å². The molecule has 0 N–H and O–H groups in total. The number of hydrogen-bond donors (Lipinski definition) is 0. The van der Waals surface area contributed by atoms with Crippen LogP contribution in [0.2, 0.25) is 5.02 Å². The Bertz CT molecular complexity index is 450. The summed E-state index contributed by atoms with van der Waals surface area (Å²) in [6.07, 6.45) is 2.95. The lowest BCUT2D eigenvalue weighted by molar-refractivity contribution is -0.122. The minimum atomic E-state index is 0.00933. The fraction of sp³-hybridized carbons (Fsp3) is 0.467. The Labute approximate surface area is 112 Å². The van der Waals surface area contributed by atoms with Gasteiger partial charge in [-0.25, -0.2) is 0 Å². The van der Waals surface area contributed by atoms with Gasteiger partial charge >= 0.3 is 0 Å². The lowest BCUT2D eigenvalue weighted by Crippen LogP contribution is -2.19. The van der Waals surface area contributed by atoms with E-state index < -0.39 is 0 Å². The lowest BCUT2D eigenvalue weighted by Gasteiger charge is -2.21. The second-order valence-electron chi connectivity index (χ2n) is 5.03. The molecule has 0 aliphatic heterocycles. The Balaban J connectivity index is 2.26. The van der Waals surface area contributed by atoms with Crippen molar-refractivity contribution in [3.8, 4) is 0 Å². The van der Waals surface area contributed by atoms with Crippen LogP contribution in [0.25, 0.3) is 0 Å². The third kappa shape index (κ3) is 2.99. The monoisotopic (exact) mass is 264 g/mol. The van der Waals surface area contributed by atoms with Crippen LogP contribution in [-0.2, 0) is 9.59 Å². The zero-order valence-corrected chi connectivity index (χ0v) is 11.2. The quantitative estimate of drug-likeness (QED) is 0.830. The maximum Gasteiger partial charge on any atom is 0.136 e. The van der Waals surface area contributed by atoms with Crippen molar-refractivity contribution in [2.24, 2.45) is 5.92 Å². The van der Waals surface area contributed by atoms with Crippen molar-refractivity contribution in [3.63, 3.8) is 0 Å². The van der Waals surface area contributed by atoms with Gasteiger partial charge in [0.15, 0.2) is 0 Å². The maximum absolute atomic E-state index is 11.9. The van der Waals surface area contributed by atoms with Crippen LogP contribution in [0.5, 0.6) is 0 Å². The predicted molar refractivity (Wildman–Crippen MR) is 71.8 cm³/mol. The van der Waals surface area contributed by atoms with E-state index >= 15 is 0 Å². The number of rotatable bonds is 4. The molecule has 0 radical (unpaired) electrons. The van der Waals surface area contributed by atoms with Gasteiger partial charge in [-0.2, -0.15) is 0 Å². The molecule has 0 heterocycles. The first-order chi connectivity index (χ1) is 8.58. The highest BCUT2D eigenvalue weighted by Gasteiger charge is 2.33. The van der Waals surface area contributed by atoms with Gasteiger partial charge in [0, 0.05) is 29.7 Å². The van der Waals surface area contributed by atoms with Crippen molar-refractivity contribution >= 4 is 23.2 Å². The summed E-state index contributed by atoms with van der Waals surface area (Å²) < 4.78 is 0. The van der Waals surface area contributed by atoms with Crippen molar-refractivity contribution < 1.29 is 9.59 Å². The van der Waals surface area contributed by atoms with Gasteiger partial charge in [-0.3, -0.25) is 4.79 Å². The minimum Gasteiger partial charge on any atom is -0.300 e. The largest absolute Gasteiger partial charge is 0.300 e. The zero-order chi connectivity index (χ0) is 13.1. The van der Waals surface area contributed by atoms with Gasteiger partial charge in [0.1, 0.15) is 11.6 Å². The van der Waals surface area contributed by atoms with Gasteiger partial charge in [-0.05, 0) is 37.5 Å². The Morgan fingerprint density at radius 2 is 2.06 bits per heavy atom. The van der Waals surface area contributed by atoms with Crippen molar-refractivity contribution in [2.45, 2.75) is 38.5 Å². The van der Waals surface area contributed by atoms with Gasteiger partial charge in [0.05, 0.1) is 0 Å². The van der Waals surface area contributed by atoms with Gasteiger partial charge in [0.25, 0.3) is 0 Å². The van der Waals surface area contributed by atoms with Crippen molar-refractivity contribution in [3.05, 3.63) is 34.9 Å². The molecule has 1 saturated carbocycles. The van der Waals surface area contributed by atoms with Crippen LogP contribution in [0.3, 0.4) is 0 Å². The van der Waals surface area contributed by atoms with E-state index in [1.54, 1.807) is 6.92 Å². The van der Waals surface area contributed by atoms with Crippen LogP contribution in [-0.4, -0.2) is 11.6 Å². The Hall–Kier alpha value is -1.15. The SMILES string of the molecule is CC(=O)CC(c1ccc(Cl)cc1)C1CCCC1=O. The molecule has 96 valence electrons. The highest BCUT2D eigenvalue weighted by atomic mass is 35.5. The molecule has 0 bridgehead atoms. The molecule has 18 heavy (non-hydrogen) atoms. The molecule has 2 nitrogen and oxygen atoms in total. The average Bonchev–Trinajstić information content (AvgIpc) is 2.73. The third-order valence-electron chi connectivity index (χ3n) is 3.64. The first kappa shape index (κ1) is 13.3. The summed E-state index contributed by atoms with van der Waals surface area (Å²) >= 11 is 5.88. The molecule has 0 spiro atoms. The van der Waals surface area contributed by atoms with E-state index in [0.717, 1.165) is 18.4 Å². The van der Waals surface area contributed by atoms with E-state index in [0.29, 0.717) is 23.6 Å². The summed E-state index contributed by atoms with van der Waals surface area (Å²) in [6, 6.07) is 7.51. The summed E-state index contributed by atoms with van der Waals surface area (Å²) in [5.41, 5.74) is 1.05. The molecule has 2 atom stereocenters. The summed E-state index contributed by atoms with van der Waals surface area (Å²) in [5.74, 6) is 0.468. The standard InChI is InChI=1S/C15H17ClO2/c1-10(17)9-14(13-3-2-4-15(13)18)11-5-7-12(16)8-6-11/h5-8,13-14H,2-4,9H2,1H3. The molecule has 0 amide bonds. The van der Waals surface area contributed by atoms with Crippen LogP contribution < -0.4 is 0 Å². The van der Waals surface area contributed by atoms with Gasteiger partial charge in [-0.1, -0.05) is 23.7 Å². The number of halogens is 1. The molecule has 1 fully saturated rings. The molecular formula is C15H17ClO2. The summed E-state index contributed by atoms with van der Waals surface area (Å²) in [7, 11) is 0. The number of ketones is 2. The van der Waals surface area contributed by atoms with Crippen LogP contribution in [0, 0.1) is 5.92 Å². The molecule has 0 saturated heterocycles. The first-order valence-corrected chi connectivity index (χ1v) is 6.73. The highest BCUT2D eigenvalue weighted by molar-refractivity contribution is 6.30. The average molecular weight is 265 g/mol. The number of benzene rings is 1. The Morgan fingerprint density at radius 3 is 2.56 bits per heavy atom. The number of carbonyl (C=O) groups is 2. The fourth-order valence-electron chi connectivity index (χ4n) is 2.78. The number of carbonyl (C=O) groups excluding carboxylic acids is 2. The maximum atomic E-state index is 11.9. The van der Waals surface area contributed by atoms with E-state index in [4.69, 9.17) is 11.6 Å². The van der Waals surface area contributed by atoms with Crippen LogP contribution in [0.15, 0.2) is 24.3 Å². The van der Waals surface area contributed by atoms with E-state index in [2.05, 4.69) is 0 Å². The first-order valence-electron chi connectivity index (χ1n) is 6.35. The molecule has 1 aliphatic rings. The Morgan fingerprint density at radius 1 is 1.39 bits per heavy atom. The second kappa shape index (κ2) is 5.66. The number of hydrogen-bond acceptors (Lipinski definition) is 2. The molecule has 3 heteroatoms. The second-order valence-corrected chi connectivity index (χ2v) is 5.47. The van der Waals surface area contributed by atoms with Gasteiger partial charge in [0.2, 0.25) is 0 Å². The summed E-state index contributed by atoms with van der Waals surface area (Å²) in [5, 5.41) is 0.679. The van der Waals surface area contributed by atoms with Gasteiger partial charge < -0.3 is 4.79 Å². The van der Waals surface area contributed by atoms with Crippen LogP contribution in [0.1, 0.15) is 44.1 Å². The van der Waals surface area contributed by atoms with E-state index in [1.165, 1.54) is 0 Å². The Kier molecular flexibility index (Phi) is 4.18. The minimum absolute atomic E-state index is 0.00933. The molecular weight excluding hydrogens is 248 g/mol. The normalized spacial score (nSPS) is 21.0. The van der Waals surface area contributed by atoms with Crippen molar-refractivity contribution in [1.82, 2.24) is 0 Å². The smallest absolute Gasteiger partial charge is 0.136 e.